The number of phenols is 1. The fraction of sp³-hybridized carbons (Fsp3) is 0.0500. The van der Waals surface area contributed by atoms with Crippen molar-refractivity contribution in [3.05, 3.63) is 66.9 Å². The van der Waals surface area contributed by atoms with E-state index in [1.165, 1.54) is 13.2 Å². The number of hydrogen-bond donors (Lipinski definition) is 1. The van der Waals surface area contributed by atoms with Crippen molar-refractivity contribution in [2.45, 2.75) is 0 Å². The van der Waals surface area contributed by atoms with Gasteiger partial charge in [-0.05, 0) is 23.8 Å². The largest absolute Gasteiger partial charge is 0.507 e. The van der Waals surface area contributed by atoms with E-state index in [-0.39, 0.29) is 11.6 Å². The molecule has 0 atom stereocenters. The van der Waals surface area contributed by atoms with Crippen LogP contribution in [0.3, 0.4) is 0 Å². The molecule has 6 heteroatoms. The summed E-state index contributed by atoms with van der Waals surface area (Å²) in [4.78, 5) is 8.83. The summed E-state index contributed by atoms with van der Waals surface area (Å²) in [5.41, 5.74) is 2.96. The lowest BCUT2D eigenvalue weighted by Crippen LogP contribution is -1.90. The molecule has 0 aliphatic carbocycles. The summed E-state index contributed by atoms with van der Waals surface area (Å²) in [6.07, 6.45) is 1.68. The van der Waals surface area contributed by atoms with Gasteiger partial charge in [-0.3, -0.25) is 4.98 Å². The summed E-state index contributed by atoms with van der Waals surface area (Å²) in [5.74, 6) is 1.12. The average molecular weight is 345 g/mol. The lowest BCUT2D eigenvalue weighted by molar-refractivity contribution is 0.405. The monoisotopic (exact) mass is 345 g/mol. The van der Waals surface area contributed by atoms with Gasteiger partial charge in [0.25, 0.3) is 5.89 Å². The van der Waals surface area contributed by atoms with Gasteiger partial charge >= 0.3 is 0 Å². The van der Waals surface area contributed by atoms with Crippen molar-refractivity contribution in [3.8, 4) is 45.6 Å². The Kier molecular flexibility index (Phi) is 4.07. The molecule has 0 aliphatic rings. The van der Waals surface area contributed by atoms with Crippen LogP contribution in [-0.2, 0) is 0 Å². The maximum absolute atomic E-state index is 10.2. The second-order valence-electron chi connectivity index (χ2n) is 5.57. The van der Waals surface area contributed by atoms with Gasteiger partial charge in [0.05, 0.1) is 12.7 Å². The number of benzene rings is 2. The molecule has 0 saturated carbocycles. The molecule has 0 unspecified atom stereocenters. The molecule has 0 amide bonds. The van der Waals surface area contributed by atoms with Crippen LogP contribution in [0.5, 0.6) is 11.5 Å². The number of phenolic OH excluding ortho intramolecular Hbond substituents is 1. The lowest BCUT2D eigenvalue weighted by Gasteiger charge is -2.05. The highest BCUT2D eigenvalue weighted by Crippen LogP contribution is 2.34. The summed E-state index contributed by atoms with van der Waals surface area (Å²) in [5, 5.41) is 14.2. The van der Waals surface area contributed by atoms with Crippen LogP contribution in [-0.4, -0.2) is 27.3 Å². The summed E-state index contributed by atoms with van der Waals surface area (Å²) < 4.78 is 10.4. The first kappa shape index (κ1) is 15.8. The highest BCUT2D eigenvalue weighted by molar-refractivity contribution is 5.78. The van der Waals surface area contributed by atoms with Gasteiger partial charge in [-0.2, -0.15) is 4.98 Å². The SMILES string of the molecule is COc1ccc(-c2nc(-c3ncccc3-c3ccccc3)no2)c(O)c1. The smallest absolute Gasteiger partial charge is 0.262 e. The van der Waals surface area contributed by atoms with Gasteiger partial charge < -0.3 is 14.4 Å². The zero-order chi connectivity index (χ0) is 17.9. The Morgan fingerprint density at radius 1 is 0.962 bits per heavy atom. The number of aromatic nitrogens is 3. The van der Waals surface area contributed by atoms with Crippen LogP contribution in [0, 0.1) is 0 Å². The summed E-state index contributed by atoms with van der Waals surface area (Å²) in [6.45, 7) is 0. The zero-order valence-electron chi connectivity index (χ0n) is 14.0. The van der Waals surface area contributed by atoms with Crippen LogP contribution in [0.1, 0.15) is 0 Å². The molecule has 128 valence electrons. The Morgan fingerprint density at radius 2 is 1.81 bits per heavy atom. The minimum atomic E-state index is 0.00357. The van der Waals surface area contributed by atoms with Crippen molar-refractivity contribution in [3.63, 3.8) is 0 Å². The molecule has 0 spiro atoms. The Bertz CT molecular complexity index is 1050. The number of ether oxygens (including phenoxy) is 1. The number of hydrogen-bond acceptors (Lipinski definition) is 6. The highest BCUT2D eigenvalue weighted by atomic mass is 16.5. The van der Waals surface area contributed by atoms with Crippen LogP contribution >= 0.6 is 0 Å². The Morgan fingerprint density at radius 3 is 2.58 bits per heavy atom. The van der Waals surface area contributed by atoms with Crippen LogP contribution in [0.25, 0.3) is 34.1 Å². The van der Waals surface area contributed by atoms with Crippen molar-refractivity contribution in [1.29, 1.82) is 0 Å². The maximum Gasteiger partial charge on any atom is 0.262 e. The van der Waals surface area contributed by atoms with Crippen LogP contribution < -0.4 is 4.74 Å². The van der Waals surface area contributed by atoms with Crippen molar-refractivity contribution < 1.29 is 14.4 Å². The van der Waals surface area contributed by atoms with Gasteiger partial charge in [-0.25, -0.2) is 0 Å². The lowest BCUT2D eigenvalue weighted by atomic mass is 10.0. The molecular weight excluding hydrogens is 330 g/mol. The standard InChI is InChI=1S/C20H15N3O3/c1-25-14-9-10-16(17(24)12-14)20-22-19(23-26-20)18-15(8-5-11-21-18)13-6-3-2-4-7-13/h2-12,24H,1H3. The van der Waals surface area contributed by atoms with E-state index in [4.69, 9.17) is 9.26 Å². The van der Waals surface area contributed by atoms with Crippen LogP contribution in [0.15, 0.2) is 71.4 Å². The Labute approximate surface area is 149 Å². The third-order valence-corrected chi connectivity index (χ3v) is 3.97. The van der Waals surface area contributed by atoms with E-state index in [0.717, 1.165) is 11.1 Å². The number of pyridine rings is 1. The molecule has 0 aliphatic heterocycles. The zero-order valence-corrected chi connectivity index (χ0v) is 14.0. The predicted octanol–water partition coefficient (Wildman–Crippen LogP) is 4.18. The van der Waals surface area contributed by atoms with Crippen molar-refractivity contribution in [1.82, 2.24) is 15.1 Å². The normalized spacial score (nSPS) is 10.7. The Hall–Kier alpha value is -3.67. The summed E-state index contributed by atoms with van der Waals surface area (Å²) >= 11 is 0. The van der Waals surface area contributed by atoms with Crippen molar-refractivity contribution >= 4 is 0 Å². The molecule has 2 heterocycles. The van der Waals surface area contributed by atoms with E-state index in [2.05, 4.69) is 15.1 Å². The topological polar surface area (TPSA) is 81.3 Å². The van der Waals surface area contributed by atoms with Crippen molar-refractivity contribution in [2.24, 2.45) is 0 Å². The highest BCUT2D eigenvalue weighted by Gasteiger charge is 2.18. The first-order valence-electron chi connectivity index (χ1n) is 7.98. The molecule has 0 radical (unpaired) electrons. The molecule has 26 heavy (non-hydrogen) atoms. The molecule has 0 bridgehead atoms. The number of methoxy groups -OCH3 is 1. The minimum absolute atomic E-state index is 0.00357. The molecule has 4 aromatic rings. The minimum Gasteiger partial charge on any atom is -0.507 e. The quantitative estimate of drug-likeness (QED) is 0.597. The van der Waals surface area contributed by atoms with Gasteiger partial charge in [-0.1, -0.05) is 41.6 Å². The van der Waals surface area contributed by atoms with Gasteiger partial charge in [0.1, 0.15) is 17.2 Å². The van der Waals surface area contributed by atoms with E-state index in [9.17, 15) is 5.11 Å². The number of rotatable bonds is 4. The maximum atomic E-state index is 10.2. The number of aromatic hydroxyl groups is 1. The Balaban J connectivity index is 1.76. The first-order chi connectivity index (χ1) is 12.8. The fourth-order valence-electron chi connectivity index (χ4n) is 2.68. The van der Waals surface area contributed by atoms with Crippen LogP contribution in [0.4, 0.5) is 0 Å². The second-order valence-corrected chi connectivity index (χ2v) is 5.57. The molecule has 6 nitrogen and oxygen atoms in total. The molecule has 4 rings (SSSR count). The molecule has 1 N–H and O–H groups in total. The van der Waals surface area contributed by atoms with Crippen molar-refractivity contribution in [2.75, 3.05) is 7.11 Å². The molecule has 2 aromatic heterocycles. The van der Waals surface area contributed by atoms with Crippen LogP contribution in [0.2, 0.25) is 0 Å². The van der Waals surface area contributed by atoms with Gasteiger partial charge in [0, 0.05) is 17.8 Å². The molecule has 0 saturated heterocycles. The van der Waals surface area contributed by atoms with E-state index in [1.807, 2.05) is 42.5 Å². The van der Waals surface area contributed by atoms with E-state index in [1.54, 1.807) is 18.3 Å². The molecular formula is C20H15N3O3. The average Bonchev–Trinajstić information content (AvgIpc) is 3.18. The van der Waals surface area contributed by atoms with E-state index in [0.29, 0.717) is 22.8 Å². The third-order valence-electron chi connectivity index (χ3n) is 3.97. The third kappa shape index (κ3) is 2.88. The summed E-state index contributed by atoms with van der Waals surface area (Å²) in [6, 6.07) is 18.6. The first-order valence-corrected chi connectivity index (χ1v) is 7.98. The van der Waals surface area contributed by atoms with E-state index < -0.39 is 0 Å². The predicted molar refractivity (Wildman–Crippen MR) is 96.6 cm³/mol. The fourth-order valence-corrected chi connectivity index (χ4v) is 2.68. The number of nitrogens with zero attached hydrogens (tertiary/aromatic N) is 3. The van der Waals surface area contributed by atoms with Gasteiger partial charge in [-0.15, -0.1) is 0 Å². The van der Waals surface area contributed by atoms with E-state index >= 15 is 0 Å². The second kappa shape index (κ2) is 6.68. The molecule has 2 aromatic carbocycles. The molecule has 0 fully saturated rings. The summed E-state index contributed by atoms with van der Waals surface area (Å²) in [7, 11) is 1.53. The van der Waals surface area contributed by atoms with Gasteiger partial charge in [0.15, 0.2) is 0 Å². The van der Waals surface area contributed by atoms with Gasteiger partial charge in [0.2, 0.25) is 5.82 Å².